The number of ether oxygens (including phenoxy) is 1. The number of rotatable bonds is 5. The zero-order chi connectivity index (χ0) is 21.3. The van der Waals surface area contributed by atoms with Crippen LogP contribution >= 0.6 is 0 Å². The van der Waals surface area contributed by atoms with Crippen LogP contribution in [-0.4, -0.2) is 61.8 Å². The van der Waals surface area contributed by atoms with Gasteiger partial charge in [0.2, 0.25) is 5.91 Å². The molecule has 2 fully saturated rings. The summed E-state index contributed by atoms with van der Waals surface area (Å²) in [7, 11) is 1.58. The minimum atomic E-state index is -0.415. The van der Waals surface area contributed by atoms with Crippen molar-refractivity contribution in [2.75, 3.05) is 43.1 Å². The number of amides is 2. The molecule has 1 atom stereocenters. The van der Waals surface area contributed by atoms with Crippen molar-refractivity contribution in [1.82, 2.24) is 4.90 Å². The van der Waals surface area contributed by atoms with Gasteiger partial charge < -0.3 is 9.64 Å². The number of ketones is 1. The molecular weight excluding hydrogens is 382 g/mol. The van der Waals surface area contributed by atoms with Crippen LogP contribution in [-0.2, 0) is 9.59 Å². The lowest BCUT2D eigenvalue weighted by molar-refractivity contribution is -0.123. The highest BCUT2D eigenvalue weighted by molar-refractivity contribution is 6.22. The van der Waals surface area contributed by atoms with Crippen LogP contribution < -0.4 is 14.5 Å². The third-order valence-electron chi connectivity index (χ3n) is 5.85. The van der Waals surface area contributed by atoms with E-state index in [1.54, 1.807) is 38.3 Å². The molecule has 0 N–H and O–H groups in total. The summed E-state index contributed by atoms with van der Waals surface area (Å²) in [6.07, 6.45) is 0.207. The van der Waals surface area contributed by atoms with Crippen molar-refractivity contribution in [3.8, 4) is 5.75 Å². The van der Waals surface area contributed by atoms with Crippen molar-refractivity contribution in [2.45, 2.75) is 19.4 Å². The highest BCUT2D eigenvalue weighted by Crippen LogP contribution is 2.28. The van der Waals surface area contributed by atoms with Gasteiger partial charge in [0, 0.05) is 37.4 Å². The van der Waals surface area contributed by atoms with E-state index in [9.17, 15) is 14.4 Å². The van der Waals surface area contributed by atoms with E-state index in [0.717, 1.165) is 18.8 Å². The summed E-state index contributed by atoms with van der Waals surface area (Å²) in [5.41, 5.74) is 2.34. The molecule has 0 bridgehead atoms. The molecule has 2 aliphatic heterocycles. The number of carbonyl (C=O) groups is 3. The van der Waals surface area contributed by atoms with Crippen molar-refractivity contribution >= 4 is 29.0 Å². The molecule has 2 amide bonds. The second-order valence-electron chi connectivity index (χ2n) is 7.61. The smallest absolute Gasteiger partial charge is 0.251 e. The highest BCUT2D eigenvalue weighted by Gasteiger charge is 2.43. The second kappa shape index (κ2) is 8.28. The molecule has 1 unspecified atom stereocenters. The molecule has 7 nitrogen and oxygen atoms in total. The number of anilines is 2. The van der Waals surface area contributed by atoms with Gasteiger partial charge in [0.1, 0.15) is 5.75 Å². The number of hydrogen-bond acceptors (Lipinski definition) is 6. The Kier molecular flexibility index (Phi) is 5.55. The first-order valence-corrected chi connectivity index (χ1v) is 10.1. The third kappa shape index (κ3) is 3.80. The van der Waals surface area contributed by atoms with Gasteiger partial charge >= 0.3 is 0 Å². The summed E-state index contributed by atoms with van der Waals surface area (Å²) in [5, 5.41) is 0. The molecule has 0 saturated carbocycles. The van der Waals surface area contributed by atoms with Gasteiger partial charge in [-0.25, -0.2) is 4.90 Å². The zero-order valence-corrected chi connectivity index (χ0v) is 17.2. The number of piperazine rings is 1. The highest BCUT2D eigenvalue weighted by atomic mass is 16.5. The van der Waals surface area contributed by atoms with E-state index in [1.807, 2.05) is 24.3 Å². The molecule has 0 radical (unpaired) electrons. The van der Waals surface area contributed by atoms with Gasteiger partial charge in [-0.3, -0.25) is 19.3 Å². The topological polar surface area (TPSA) is 70.2 Å². The molecule has 2 aliphatic rings. The molecule has 2 saturated heterocycles. The van der Waals surface area contributed by atoms with Crippen molar-refractivity contribution in [3.63, 3.8) is 0 Å². The van der Waals surface area contributed by atoms with Crippen LogP contribution in [0.4, 0.5) is 11.4 Å². The van der Waals surface area contributed by atoms with Crippen molar-refractivity contribution in [2.24, 2.45) is 0 Å². The van der Waals surface area contributed by atoms with Gasteiger partial charge in [-0.1, -0.05) is 0 Å². The summed E-state index contributed by atoms with van der Waals surface area (Å²) in [6.45, 7) is 4.49. The van der Waals surface area contributed by atoms with Crippen LogP contribution in [0.25, 0.3) is 0 Å². The Bertz CT molecular complexity index is 947. The monoisotopic (exact) mass is 407 g/mol. The van der Waals surface area contributed by atoms with Crippen molar-refractivity contribution in [3.05, 3.63) is 54.1 Å². The van der Waals surface area contributed by atoms with Gasteiger partial charge in [0.15, 0.2) is 5.78 Å². The molecule has 2 heterocycles. The number of methoxy groups -OCH3 is 1. The fraction of sp³-hybridized carbons (Fsp3) is 0.348. The molecule has 4 rings (SSSR count). The molecular formula is C23H25N3O4. The number of imide groups is 1. The van der Waals surface area contributed by atoms with Gasteiger partial charge in [-0.15, -0.1) is 0 Å². The largest absolute Gasteiger partial charge is 0.497 e. The Hall–Kier alpha value is -3.19. The van der Waals surface area contributed by atoms with E-state index < -0.39 is 6.04 Å². The molecule has 156 valence electrons. The Morgan fingerprint density at radius 2 is 1.50 bits per heavy atom. The van der Waals surface area contributed by atoms with E-state index in [4.69, 9.17) is 4.74 Å². The fourth-order valence-electron chi connectivity index (χ4n) is 4.10. The lowest BCUT2D eigenvalue weighted by Crippen LogP contribution is -2.52. The minimum Gasteiger partial charge on any atom is -0.497 e. The quantitative estimate of drug-likeness (QED) is 0.560. The van der Waals surface area contributed by atoms with Gasteiger partial charge in [0.05, 0.1) is 25.3 Å². The standard InChI is InChI=1S/C23H25N3O4/c1-16(27)17-3-5-18(6-4-17)24-11-13-25(14-12-24)21-15-22(28)26(23(21)29)19-7-9-20(30-2)10-8-19/h3-10,21H,11-15H2,1-2H3. The van der Waals surface area contributed by atoms with E-state index in [0.29, 0.717) is 30.1 Å². The third-order valence-corrected chi connectivity index (χ3v) is 5.85. The first kappa shape index (κ1) is 20.1. The minimum absolute atomic E-state index is 0.0530. The molecule has 30 heavy (non-hydrogen) atoms. The molecule has 0 spiro atoms. The van der Waals surface area contributed by atoms with E-state index >= 15 is 0 Å². The van der Waals surface area contributed by atoms with Crippen LogP contribution in [0.3, 0.4) is 0 Å². The number of carbonyl (C=O) groups excluding carboxylic acids is 3. The van der Waals surface area contributed by atoms with Crippen LogP contribution in [0.1, 0.15) is 23.7 Å². The Balaban J connectivity index is 1.40. The first-order chi connectivity index (χ1) is 14.5. The molecule has 2 aromatic rings. The van der Waals surface area contributed by atoms with Crippen LogP contribution in [0.15, 0.2) is 48.5 Å². The predicted octanol–water partition coefficient (Wildman–Crippen LogP) is 2.35. The first-order valence-electron chi connectivity index (χ1n) is 10.1. The summed E-state index contributed by atoms with van der Waals surface area (Å²) in [6, 6.07) is 14.2. The summed E-state index contributed by atoms with van der Waals surface area (Å²) in [4.78, 5) is 42.7. The Labute approximate surface area is 175 Å². The van der Waals surface area contributed by atoms with Crippen LogP contribution in [0.5, 0.6) is 5.75 Å². The molecule has 2 aromatic carbocycles. The van der Waals surface area contributed by atoms with E-state index in [-0.39, 0.29) is 24.0 Å². The van der Waals surface area contributed by atoms with E-state index in [2.05, 4.69) is 9.80 Å². The Morgan fingerprint density at radius 1 is 0.900 bits per heavy atom. The number of benzene rings is 2. The average molecular weight is 407 g/mol. The maximum atomic E-state index is 13.0. The fourth-order valence-corrected chi connectivity index (χ4v) is 4.10. The van der Waals surface area contributed by atoms with Gasteiger partial charge in [-0.05, 0) is 55.5 Å². The van der Waals surface area contributed by atoms with Crippen molar-refractivity contribution < 1.29 is 19.1 Å². The summed E-state index contributed by atoms with van der Waals surface area (Å²) < 4.78 is 5.15. The Morgan fingerprint density at radius 3 is 2.07 bits per heavy atom. The SMILES string of the molecule is COc1ccc(N2C(=O)CC(N3CCN(c4ccc(C(C)=O)cc4)CC3)C2=O)cc1. The average Bonchev–Trinajstić information content (AvgIpc) is 3.08. The lowest BCUT2D eigenvalue weighted by atomic mass is 10.1. The summed E-state index contributed by atoms with van der Waals surface area (Å²) in [5.74, 6) is 0.404. The zero-order valence-electron chi connectivity index (χ0n) is 17.2. The van der Waals surface area contributed by atoms with Gasteiger partial charge in [0.25, 0.3) is 5.91 Å². The summed E-state index contributed by atoms with van der Waals surface area (Å²) >= 11 is 0. The second-order valence-corrected chi connectivity index (χ2v) is 7.61. The predicted molar refractivity (Wildman–Crippen MR) is 114 cm³/mol. The normalized spacial score (nSPS) is 20.0. The molecule has 0 aliphatic carbocycles. The molecule has 0 aromatic heterocycles. The van der Waals surface area contributed by atoms with Crippen LogP contribution in [0.2, 0.25) is 0 Å². The lowest BCUT2D eigenvalue weighted by Gasteiger charge is -2.38. The number of Topliss-reactive ketones (excluding diaryl/α,β-unsaturated/α-hetero) is 1. The van der Waals surface area contributed by atoms with Crippen LogP contribution in [0, 0.1) is 0 Å². The number of nitrogens with zero attached hydrogens (tertiary/aromatic N) is 3. The maximum Gasteiger partial charge on any atom is 0.251 e. The van der Waals surface area contributed by atoms with E-state index in [1.165, 1.54) is 4.90 Å². The van der Waals surface area contributed by atoms with Gasteiger partial charge in [-0.2, -0.15) is 0 Å². The molecule has 7 heteroatoms. The number of hydrogen-bond donors (Lipinski definition) is 0. The maximum absolute atomic E-state index is 13.0. The van der Waals surface area contributed by atoms with Crippen molar-refractivity contribution in [1.29, 1.82) is 0 Å².